The van der Waals surface area contributed by atoms with Gasteiger partial charge in [0.1, 0.15) is 29.6 Å². The maximum absolute atomic E-state index is 12.8. The quantitative estimate of drug-likeness (QED) is 0.764. The number of aromatic nitrogens is 3. The van der Waals surface area contributed by atoms with E-state index in [1.165, 1.54) is 6.33 Å². The molecule has 1 amide bonds. The molecule has 1 fully saturated rings. The predicted octanol–water partition coefficient (Wildman–Crippen LogP) is 2.57. The van der Waals surface area contributed by atoms with Gasteiger partial charge in [0.05, 0.1) is 12.5 Å². The number of rotatable bonds is 4. The van der Waals surface area contributed by atoms with Crippen molar-refractivity contribution in [3.63, 3.8) is 0 Å². The average molecular weight is 337 g/mol. The van der Waals surface area contributed by atoms with Crippen LogP contribution in [0.3, 0.4) is 0 Å². The number of H-pyrrole nitrogens is 1. The van der Waals surface area contributed by atoms with Gasteiger partial charge in [0.25, 0.3) is 0 Å². The summed E-state index contributed by atoms with van der Waals surface area (Å²) in [6.45, 7) is 0.804. The smallest absolute Gasteiger partial charge is 0.247 e. The molecule has 4 rings (SSSR count). The largest absolute Gasteiger partial charge is 0.497 e. The van der Waals surface area contributed by atoms with Crippen LogP contribution >= 0.6 is 0 Å². The number of benzene rings is 1. The van der Waals surface area contributed by atoms with Gasteiger partial charge >= 0.3 is 0 Å². The van der Waals surface area contributed by atoms with Crippen molar-refractivity contribution in [1.82, 2.24) is 15.0 Å². The molecule has 0 saturated carbocycles. The van der Waals surface area contributed by atoms with Gasteiger partial charge in [0.2, 0.25) is 5.91 Å². The minimum atomic E-state index is -0.241. The Labute approximate surface area is 145 Å². The first-order chi connectivity index (χ1) is 12.3. The molecule has 25 heavy (non-hydrogen) atoms. The monoisotopic (exact) mass is 337 g/mol. The van der Waals surface area contributed by atoms with Gasteiger partial charge in [-0.1, -0.05) is 0 Å². The molecule has 2 N–H and O–H groups in total. The number of carbonyl (C=O) groups excluding carboxylic acids is 1. The summed E-state index contributed by atoms with van der Waals surface area (Å²) in [5.41, 5.74) is 1.54. The predicted molar refractivity (Wildman–Crippen MR) is 95.9 cm³/mol. The molecular weight excluding hydrogens is 318 g/mol. The van der Waals surface area contributed by atoms with Gasteiger partial charge in [0.15, 0.2) is 0 Å². The summed E-state index contributed by atoms with van der Waals surface area (Å²) in [5, 5.41) is 3.93. The summed E-state index contributed by atoms with van der Waals surface area (Å²) >= 11 is 0. The highest BCUT2D eigenvalue weighted by Crippen LogP contribution is 2.29. The zero-order valence-electron chi connectivity index (χ0n) is 13.9. The molecule has 3 heterocycles. The number of hydrogen-bond acceptors (Lipinski definition) is 5. The minimum absolute atomic E-state index is 0.0232. The highest BCUT2D eigenvalue weighted by Gasteiger charge is 2.32. The van der Waals surface area contributed by atoms with Crippen molar-refractivity contribution in [2.24, 2.45) is 0 Å². The molecule has 1 atom stereocenters. The summed E-state index contributed by atoms with van der Waals surface area (Å²) in [6.07, 6.45) is 5.13. The van der Waals surface area contributed by atoms with E-state index in [1.807, 2.05) is 36.5 Å². The van der Waals surface area contributed by atoms with E-state index in [0.717, 1.165) is 47.7 Å². The van der Waals surface area contributed by atoms with Crippen molar-refractivity contribution in [2.45, 2.75) is 18.9 Å². The highest BCUT2D eigenvalue weighted by molar-refractivity contribution is 5.99. The Kier molecular flexibility index (Phi) is 3.97. The van der Waals surface area contributed by atoms with Crippen molar-refractivity contribution < 1.29 is 9.53 Å². The van der Waals surface area contributed by atoms with Crippen LogP contribution in [-0.4, -0.2) is 40.6 Å². The molecule has 128 valence electrons. The number of ether oxygens (including phenoxy) is 1. The average Bonchev–Trinajstić information content (AvgIpc) is 3.31. The Morgan fingerprint density at radius 3 is 2.92 bits per heavy atom. The van der Waals surface area contributed by atoms with Crippen LogP contribution in [0, 0.1) is 0 Å². The van der Waals surface area contributed by atoms with Crippen LogP contribution in [0.1, 0.15) is 12.8 Å². The second-order valence-corrected chi connectivity index (χ2v) is 6.01. The molecule has 3 aromatic rings. The van der Waals surface area contributed by atoms with Crippen molar-refractivity contribution in [1.29, 1.82) is 0 Å². The summed E-state index contributed by atoms with van der Waals surface area (Å²) in [6, 6.07) is 9.04. The van der Waals surface area contributed by atoms with Crippen LogP contribution in [0.4, 0.5) is 11.5 Å². The number of aromatic amines is 1. The maximum Gasteiger partial charge on any atom is 0.247 e. The van der Waals surface area contributed by atoms with Crippen molar-refractivity contribution in [3.05, 3.63) is 42.9 Å². The zero-order valence-corrected chi connectivity index (χ0v) is 13.9. The molecule has 2 aromatic heterocycles. The molecule has 1 aromatic carbocycles. The van der Waals surface area contributed by atoms with E-state index in [-0.39, 0.29) is 11.9 Å². The fraction of sp³-hybridized carbons (Fsp3) is 0.278. The third kappa shape index (κ3) is 2.88. The Hall–Kier alpha value is -3.09. The second kappa shape index (κ2) is 6.43. The standard InChI is InChI=1S/C18H19N5O2/c1-25-13-6-4-12(5-7-13)22-18(24)15-3-2-10-23(15)17-14-8-9-19-16(14)20-11-21-17/h4-9,11,15H,2-3,10H2,1H3,(H,22,24)(H,19,20,21)/t15-/m1/s1. The normalized spacial score (nSPS) is 17.0. The lowest BCUT2D eigenvalue weighted by Crippen LogP contribution is -2.40. The van der Waals surface area contributed by atoms with Crippen molar-refractivity contribution in [3.8, 4) is 5.75 Å². The van der Waals surface area contributed by atoms with E-state index >= 15 is 0 Å². The summed E-state index contributed by atoms with van der Waals surface area (Å²) in [7, 11) is 1.62. The first-order valence-corrected chi connectivity index (χ1v) is 8.26. The number of hydrogen-bond donors (Lipinski definition) is 2. The third-order valence-corrected chi connectivity index (χ3v) is 4.52. The number of fused-ring (bicyclic) bond motifs is 1. The van der Waals surface area contributed by atoms with Gasteiger partial charge in [-0.25, -0.2) is 9.97 Å². The molecule has 0 radical (unpaired) electrons. The number of amides is 1. The third-order valence-electron chi connectivity index (χ3n) is 4.52. The molecule has 0 aliphatic carbocycles. The second-order valence-electron chi connectivity index (χ2n) is 6.01. The first-order valence-electron chi connectivity index (χ1n) is 8.26. The van der Waals surface area contributed by atoms with E-state index in [4.69, 9.17) is 4.74 Å². The van der Waals surface area contributed by atoms with Gasteiger partial charge in [-0.05, 0) is 43.2 Å². The highest BCUT2D eigenvalue weighted by atomic mass is 16.5. The summed E-state index contributed by atoms with van der Waals surface area (Å²) < 4.78 is 5.14. The molecule has 1 aliphatic heterocycles. The van der Waals surface area contributed by atoms with E-state index in [0.29, 0.717) is 0 Å². The summed E-state index contributed by atoms with van der Waals surface area (Å²) in [4.78, 5) is 26.6. The minimum Gasteiger partial charge on any atom is -0.497 e. The van der Waals surface area contributed by atoms with Crippen LogP contribution in [0.5, 0.6) is 5.75 Å². The molecular formula is C18H19N5O2. The topological polar surface area (TPSA) is 83.1 Å². The van der Waals surface area contributed by atoms with Crippen LogP contribution in [0.15, 0.2) is 42.9 Å². The van der Waals surface area contributed by atoms with Gasteiger partial charge in [-0.3, -0.25) is 4.79 Å². The first kappa shape index (κ1) is 15.4. The number of anilines is 2. The molecule has 1 aliphatic rings. The van der Waals surface area contributed by atoms with Gasteiger partial charge in [0, 0.05) is 18.4 Å². The molecule has 1 saturated heterocycles. The molecule has 0 unspecified atom stereocenters. The van der Waals surface area contributed by atoms with Crippen LogP contribution in [0.25, 0.3) is 11.0 Å². The fourth-order valence-electron chi connectivity index (χ4n) is 3.28. The van der Waals surface area contributed by atoms with Crippen LogP contribution in [-0.2, 0) is 4.79 Å². The maximum atomic E-state index is 12.8. The SMILES string of the molecule is COc1ccc(NC(=O)[C@H]2CCCN2c2ncnc3[nH]ccc23)cc1. The lowest BCUT2D eigenvalue weighted by molar-refractivity contribution is -0.117. The van der Waals surface area contributed by atoms with Crippen molar-refractivity contribution in [2.75, 3.05) is 23.9 Å². The van der Waals surface area contributed by atoms with E-state index < -0.39 is 0 Å². The van der Waals surface area contributed by atoms with Gasteiger partial charge in [-0.15, -0.1) is 0 Å². The van der Waals surface area contributed by atoms with E-state index in [2.05, 4.69) is 25.2 Å². The Morgan fingerprint density at radius 1 is 1.28 bits per heavy atom. The van der Waals surface area contributed by atoms with Gasteiger partial charge < -0.3 is 19.9 Å². The lowest BCUT2D eigenvalue weighted by Gasteiger charge is -2.25. The number of nitrogens with zero attached hydrogens (tertiary/aromatic N) is 3. The van der Waals surface area contributed by atoms with Crippen LogP contribution in [0.2, 0.25) is 0 Å². The molecule has 0 bridgehead atoms. The van der Waals surface area contributed by atoms with E-state index in [9.17, 15) is 4.79 Å². The number of nitrogens with one attached hydrogen (secondary N) is 2. The zero-order chi connectivity index (χ0) is 17.2. The molecule has 7 heteroatoms. The molecule has 7 nitrogen and oxygen atoms in total. The number of carbonyl (C=O) groups is 1. The Bertz CT molecular complexity index is 890. The van der Waals surface area contributed by atoms with E-state index in [1.54, 1.807) is 7.11 Å². The Morgan fingerprint density at radius 2 is 2.12 bits per heavy atom. The fourth-order valence-corrected chi connectivity index (χ4v) is 3.28. The van der Waals surface area contributed by atoms with Crippen molar-refractivity contribution >= 4 is 28.4 Å². The van der Waals surface area contributed by atoms with Crippen LogP contribution < -0.4 is 15.0 Å². The lowest BCUT2D eigenvalue weighted by atomic mass is 10.2. The number of methoxy groups -OCH3 is 1. The summed E-state index contributed by atoms with van der Waals surface area (Å²) in [5.74, 6) is 1.54. The molecule has 0 spiro atoms. The van der Waals surface area contributed by atoms with Gasteiger partial charge in [-0.2, -0.15) is 0 Å². The Balaban J connectivity index is 1.56.